The molecule has 0 saturated carbocycles. The number of hydrogen-bond donors (Lipinski definition) is 2. The molecular weight excluding hydrogens is 406 g/mol. The van der Waals surface area contributed by atoms with Crippen LogP contribution in [0.5, 0.6) is 0 Å². The molecule has 7 nitrogen and oxygen atoms in total. The zero-order valence-electron chi connectivity index (χ0n) is 16.3. The van der Waals surface area contributed by atoms with Gasteiger partial charge in [-0.05, 0) is 49.1 Å². The summed E-state index contributed by atoms with van der Waals surface area (Å²) in [7, 11) is 3.37. The molecule has 1 heterocycles. The molecule has 2 aromatic carbocycles. The molecule has 1 aromatic heterocycles. The molecule has 0 aliphatic carbocycles. The first-order chi connectivity index (χ1) is 13.8. The van der Waals surface area contributed by atoms with Gasteiger partial charge in [-0.25, -0.2) is 0 Å². The molecule has 2 N–H and O–H groups in total. The Hall–Kier alpha value is -2.91. The number of H-pyrrole nitrogens is 1. The summed E-state index contributed by atoms with van der Waals surface area (Å²) >= 11 is 6.37. The molecule has 0 aliphatic rings. The van der Waals surface area contributed by atoms with Gasteiger partial charge in [0.2, 0.25) is 5.91 Å². The fraction of sp³-hybridized carbons (Fsp3) is 0.200. The number of benzene rings is 2. The summed E-state index contributed by atoms with van der Waals surface area (Å²) in [6.45, 7) is 1.99. The van der Waals surface area contributed by atoms with E-state index in [1.165, 1.54) is 4.90 Å². The lowest BCUT2D eigenvalue weighted by molar-refractivity contribution is -0.116. The third-order valence-electron chi connectivity index (χ3n) is 4.06. The average molecular weight is 428 g/mol. The van der Waals surface area contributed by atoms with Crippen molar-refractivity contribution in [2.24, 2.45) is 0 Å². The summed E-state index contributed by atoms with van der Waals surface area (Å²) in [5.41, 5.74) is 2.53. The highest BCUT2D eigenvalue weighted by molar-refractivity contribution is 8.13. The van der Waals surface area contributed by atoms with Gasteiger partial charge in [0.05, 0.1) is 5.69 Å². The zero-order valence-corrected chi connectivity index (χ0v) is 17.9. The predicted octanol–water partition coefficient (Wildman–Crippen LogP) is 4.33. The van der Waals surface area contributed by atoms with E-state index in [1.807, 2.05) is 43.3 Å². The highest BCUT2D eigenvalue weighted by atomic mass is 32.2. The van der Waals surface area contributed by atoms with E-state index in [0.717, 1.165) is 22.9 Å². The van der Waals surface area contributed by atoms with Crippen molar-refractivity contribution in [3.05, 3.63) is 58.9 Å². The van der Waals surface area contributed by atoms with Crippen LogP contribution in [-0.2, 0) is 11.3 Å². The normalized spacial score (nSPS) is 10.6. The van der Waals surface area contributed by atoms with Crippen LogP contribution in [0.25, 0.3) is 11.4 Å². The van der Waals surface area contributed by atoms with E-state index in [-0.39, 0.29) is 17.7 Å². The number of aromatic nitrogens is 3. The van der Waals surface area contributed by atoms with Crippen molar-refractivity contribution in [2.75, 3.05) is 19.4 Å². The van der Waals surface area contributed by atoms with E-state index in [4.69, 9.17) is 12.2 Å². The standard InChI is InChI=1S/C20H21N5O2S2/c1-13-7-6-8-14(11-13)18-22-23-19(28)25(18)12-17(26)21-15-9-4-5-10-16(15)29-20(27)24(2)3/h4-11H,12H2,1-3H3,(H,21,26)(H,23,28). The third-order valence-corrected chi connectivity index (χ3v) is 5.49. The molecule has 0 atom stereocenters. The molecule has 0 radical (unpaired) electrons. The number of carbonyl (C=O) groups is 2. The highest BCUT2D eigenvalue weighted by Crippen LogP contribution is 2.28. The van der Waals surface area contributed by atoms with Crippen molar-refractivity contribution in [1.82, 2.24) is 19.7 Å². The van der Waals surface area contributed by atoms with Crippen LogP contribution in [0.3, 0.4) is 0 Å². The lowest BCUT2D eigenvalue weighted by Gasteiger charge is -2.13. The first-order valence-corrected chi connectivity index (χ1v) is 10.1. The Balaban J connectivity index is 1.80. The number of carbonyl (C=O) groups excluding carboxylic acids is 2. The number of aryl methyl sites for hydroxylation is 1. The summed E-state index contributed by atoms with van der Waals surface area (Å²) in [5.74, 6) is 0.334. The van der Waals surface area contributed by atoms with Crippen LogP contribution in [0.2, 0.25) is 0 Å². The minimum absolute atomic E-state index is 0.000757. The number of nitrogens with one attached hydrogen (secondary N) is 2. The molecule has 9 heteroatoms. The van der Waals surface area contributed by atoms with Gasteiger partial charge in [0, 0.05) is 24.6 Å². The van der Waals surface area contributed by atoms with Crippen LogP contribution in [0.15, 0.2) is 53.4 Å². The molecule has 3 aromatic rings. The van der Waals surface area contributed by atoms with E-state index in [2.05, 4.69) is 15.5 Å². The first-order valence-electron chi connectivity index (χ1n) is 8.85. The van der Waals surface area contributed by atoms with Gasteiger partial charge in [-0.1, -0.05) is 35.9 Å². The summed E-state index contributed by atoms with van der Waals surface area (Å²) < 4.78 is 2.02. The molecule has 29 heavy (non-hydrogen) atoms. The molecule has 2 amide bonds. The summed E-state index contributed by atoms with van der Waals surface area (Å²) in [5, 5.41) is 9.78. The summed E-state index contributed by atoms with van der Waals surface area (Å²) in [6.07, 6.45) is 0. The molecule has 0 fully saturated rings. The van der Waals surface area contributed by atoms with Gasteiger partial charge in [0.1, 0.15) is 6.54 Å². The fourth-order valence-electron chi connectivity index (χ4n) is 2.65. The second-order valence-corrected chi connectivity index (χ2v) is 7.99. The van der Waals surface area contributed by atoms with E-state index in [0.29, 0.717) is 21.2 Å². The van der Waals surface area contributed by atoms with Crippen LogP contribution in [-0.4, -0.2) is 44.9 Å². The van der Waals surface area contributed by atoms with Gasteiger partial charge < -0.3 is 10.2 Å². The number of hydrogen-bond acceptors (Lipinski definition) is 5. The number of thioether (sulfide) groups is 1. The molecule has 0 unspecified atom stereocenters. The van der Waals surface area contributed by atoms with Crippen molar-refractivity contribution in [3.8, 4) is 11.4 Å². The van der Waals surface area contributed by atoms with Crippen LogP contribution in [0.4, 0.5) is 10.5 Å². The van der Waals surface area contributed by atoms with Gasteiger partial charge >= 0.3 is 0 Å². The van der Waals surface area contributed by atoms with Crippen LogP contribution >= 0.6 is 24.0 Å². The number of anilines is 1. The minimum Gasteiger partial charge on any atom is -0.339 e. The minimum atomic E-state index is -0.262. The quantitative estimate of drug-likeness (QED) is 0.468. The molecule has 0 bridgehead atoms. The maximum absolute atomic E-state index is 12.7. The number of amides is 2. The maximum atomic E-state index is 12.7. The number of nitrogens with zero attached hydrogens (tertiary/aromatic N) is 3. The van der Waals surface area contributed by atoms with Crippen molar-refractivity contribution in [3.63, 3.8) is 0 Å². The fourth-order valence-corrected chi connectivity index (χ4v) is 3.59. The number of aromatic amines is 1. The Labute approximate surface area is 178 Å². The molecule has 0 aliphatic heterocycles. The molecule has 3 rings (SSSR count). The average Bonchev–Trinajstić information content (AvgIpc) is 3.03. The number of rotatable bonds is 5. The van der Waals surface area contributed by atoms with Crippen LogP contribution < -0.4 is 5.32 Å². The van der Waals surface area contributed by atoms with Crippen molar-refractivity contribution in [1.29, 1.82) is 0 Å². The first kappa shape index (κ1) is 20.8. The Bertz CT molecular complexity index is 1100. The molecular formula is C20H21N5O2S2. The highest BCUT2D eigenvalue weighted by Gasteiger charge is 2.15. The Kier molecular flexibility index (Phi) is 6.50. The molecule has 150 valence electrons. The van der Waals surface area contributed by atoms with E-state index >= 15 is 0 Å². The third kappa shape index (κ3) is 5.12. The largest absolute Gasteiger partial charge is 0.339 e. The number of para-hydroxylation sites is 1. The monoisotopic (exact) mass is 427 g/mol. The van der Waals surface area contributed by atoms with Crippen molar-refractivity contribution in [2.45, 2.75) is 18.4 Å². The van der Waals surface area contributed by atoms with E-state index < -0.39 is 0 Å². The van der Waals surface area contributed by atoms with Crippen molar-refractivity contribution < 1.29 is 9.59 Å². The van der Waals surface area contributed by atoms with E-state index in [1.54, 1.807) is 30.8 Å². The smallest absolute Gasteiger partial charge is 0.286 e. The van der Waals surface area contributed by atoms with Crippen LogP contribution in [0.1, 0.15) is 5.56 Å². The predicted molar refractivity (Wildman–Crippen MR) is 118 cm³/mol. The van der Waals surface area contributed by atoms with Gasteiger partial charge in [-0.3, -0.25) is 19.3 Å². The van der Waals surface area contributed by atoms with Crippen molar-refractivity contribution >= 4 is 40.8 Å². The Morgan fingerprint density at radius 2 is 1.97 bits per heavy atom. The maximum Gasteiger partial charge on any atom is 0.286 e. The van der Waals surface area contributed by atoms with Gasteiger partial charge in [-0.2, -0.15) is 5.10 Å². The summed E-state index contributed by atoms with van der Waals surface area (Å²) in [6, 6.07) is 15.0. The zero-order chi connectivity index (χ0) is 21.0. The Morgan fingerprint density at radius 3 is 2.69 bits per heavy atom. The lowest BCUT2D eigenvalue weighted by atomic mass is 10.1. The van der Waals surface area contributed by atoms with Crippen LogP contribution in [0, 0.1) is 11.7 Å². The van der Waals surface area contributed by atoms with Gasteiger partial charge in [0.25, 0.3) is 5.24 Å². The van der Waals surface area contributed by atoms with Gasteiger partial charge in [-0.15, -0.1) is 0 Å². The summed E-state index contributed by atoms with van der Waals surface area (Å²) in [4.78, 5) is 26.9. The molecule has 0 spiro atoms. The molecule has 0 saturated heterocycles. The SMILES string of the molecule is Cc1cccc(-c2n[nH]c(=S)n2CC(=O)Nc2ccccc2SC(=O)N(C)C)c1. The van der Waals surface area contributed by atoms with Gasteiger partial charge in [0.15, 0.2) is 10.6 Å². The van der Waals surface area contributed by atoms with E-state index in [9.17, 15) is 9.59 Å². The topological polar surface area (TPSA) is 83.0 Å². The lowest BCUT2D eigenvalue weighted by Crippen LogP contribution is -2.20. The second-order valence-electron chi connectivity index (χ2n) is 6.61. The Morgan fingerprint density at radius 1 is 1.21 bits per heavy atom. The second kappa shape index (κ2) is 9.06.